The Morgan fingerprint density at radius 3 is 1.58 bits per heavy atom. The lowest BCUT2D eigenvalue weighted by atomic mass is 10.3. The molecule has 0 radical (unpaired) electrons. The SMILES string of the molecule is N[C@@H](CO)C(=O)Nc1nnc(CCSCCc2nnc(NC(=O)[C@@H](N)CO)s2)s1.S.S. The summed E-state index contributed by atoms with van der Waals surface area (Å²) in [6.45, 7) is -0.875. The molecule has 2 rings (SSSR count). The quantitative estimate of drug-likeness (QED) is 0.177. The van der Waals surface area contributed by atoms with Gasteiger partial charge in [-0.3, -0.25) is 20.2 Å². The molecule has 0 fully saturated rings. The monoisotopic (exact) mass is 530 g/mol. The third kappa shape index (κ3) is 10.4. The number of nitrogens with one attached hydrogen (secondary N) is 2. The van der Waals surface area contributed by atoms with E-state index in [4.69, 9.17) is 21.7 Å². The van der Waals surface area contributed by atoms with Crippen LogP contribution in [0.15, 0.2) is 0 Å². The van der Waals surface area contributed by atoms with Gasteiger partial charge in [0, 0.05) is 12.8 Å². The van der Waals surface area contributed by atoms with Gasteiger partial charge >= 0.3 is 0 Å². The molecule has 31 heavy (non-hydrogen) atoms. The molecule has 0 aliphatic heterocycles. The lowest BCUT2D eigenvalue weighted by Crippen LogP contribution is -2.38. The number of thioether (sulfide) groups is 1. The van der Waals surface area contributed by atoms with E-state index in [0.29, 0.717) is 23.1 Å². The minimum Gasteiger partial charge on any atom is -0.394 e. The number of aliphatic hydroxyl groups excluding tert-OH is 2. The van der Waals surface area contributed by atoms with E-state index >= 15 is 0 Å². The number of rotatable bonds is 12. The Bertz CT molecular complexity index is 743. The van der Waals surface area contributed by atoms with Gasteiger partial charge in [0.25, 0.3) is 0 Å². The normalized spacial score (nSPS) is 12.3. The number of aliphatic hydroxyl groups is 2. The second-order valence-electron chi connectivity index (χ2n) is 5.67. The molecule has 0 bridgehead atoms. The highest BCUT2D eigenvalue weighted by atomic mass is 32.2. The number of carbonyl (C=O) groups is 2. The van der Waals surface area contributed by atoms with Crippen LogP contribution in [0.5, 0.6) is 0 Å². The van der Waals surface area contributed by atoms with E-state index in [1.54, 1.807) is 11.8 Å². The van der Waals surface area contributed by atoms with Crippen molar-refractivity contribution in [2.75, 3.05) is 35.4 Å². The highest BCUT2D eigenvalue weighted by molar-refractivity contribution is 7.99. The Morgan fingerprint density at radius 2 is 1.23 bits per heavy atom. The van der Waals surface area contributed by atoms with Crippen molar-refractivity contribution >= 4 is 83.5 Å². The van der Waals surface area contributed by atoms with Gasteiger partial charge in [-0.1, -0.05) is 22.7 Å². The molecule has 0 aliphatic carbocycles. The zero-order valence-corrected chi connectivity index (χ0v) is 20.7. The number of carbonyl (C=O) groups excluding carboxylic acids is 2. The number of anilines is 2. The topological polar surface area (TPSA) is 202 Å². The first-order chi connectivity index (χ1) is 13.9. The van der Waals surface area contributed by atoms with Crippen LogP contribution in [0.2, 0.25) is 0 Å². The second-order valence-corrected chi connectivity index (χ2v) is 9.02. The van der Waals surface area contributed by atoms with Gasteiger partial charge in [-0.2, -0.15) is 38.8 Å². The minimum atomic E-state index is -0.987. The summed E-state index contributed by atoms with van der Waals surface area (Å²) in [5.41, 5.74) is 10.8. The molecule has 0 saturated heterocycles. The first-order valence-corrected chi connectivity index (χ1v) is 11.3. The van der Waals surface area contributed by atoms with Crippen LogP contribution in [0.1, 0.15) is 10.0 Å². The van der Waals surface area contributed by atoms with Crippen LogP contribution in [0.3, 0.4) is 0 Å². The van der Waals surface area contributed by atoms with E-state index in [1.807, 2.05) is 0 Å². The zero-order chi connectivity index (χ0) is 21.2. The van der Waals surface area contributed by atoms with Gasteiger partial charge in [-0.25, -0.2) is 0 Å². The maximum atomic E-state index is 11.6. The van der Waals surface area contributed by atoms with Gasteiger partial charge in [0.15, 0.2) is 0 Å². The second kappa shape index (κ2) is 15.7. The van der Waals surface area contributed by atoms with Crippen molar-refractivity contribution in [1.82, 2.24) is 20.4 Å². The van der Waals surface area contributed by atoms with Crippen molar-refractivity contribution in [3.05, 3.63) is 10.0 Å². The van der Waals surface area contributed by atoms with Gasteiger partial charge in [-0.15, -0.1) is 20.4 Å². The third-order valence-corrected chi connectivity index (χ3v) is 6.16. The van der Waals surface area contributed by atoms with E-state index < -0.39 is 37.1 Å². The van der Waals surface area contributed by atoms with Gasteiger partial charge in [0.05, 0.1) is 13.2 Å². The molecule has 2 aromatic rings. The standard InChI is InChI=1S/C14H22N8O4S3.2H2S/c15-7(5-23)11(25)17-13-21-19-9(28-13)1-3-27-4-2-10-20-22-14(29-10)18-12(26)8(16)6-24;;/h7-8,23-24H,1-6,15-16H2,(H,17,21,25)(H,18,22,26);2*1H2/t7-,8-;;/m0../s1. The van der Waals surface area contributed by atoms with Crippen molar-refractivity contribution in [2.45, 2.75) is 24.9 Å². The number of aryl methyl sites for hydroxylation is 2. The van der Waals surface area contributed by atoms with E-state index in [1.165, 1.54) is 22.7 Å². The van der Waals surface area contributed by atoms with Gasteiger partial charge in [-0.05, 0) is 11.5 Å². The summed E-state index contributed by atoms with van der Waals surface area (Å²) in [7, 11) is 0. The third-order valence-electron chi connectivity index (χ3n) is 3.38. The fourth-order valence-electron chi connectivity index (χ4n) is 1.79. The van der Waals surface area contributed by atoms with Crippen LogP contribution in [0.4, 0.5) is 10.3 Å². The molecule has 17 heteroatoms. The molecule has 0 saturated carbocycles. The Kier molecular flexibility index (Phi) is 15.2. The van der Waals surface area contributed by atoms with Gasteiger partial charge in [0.2, 0.25) is 22.1 Å². The number of hydrogen-bond donors (Lipinski definition) is 6. The Morgan fingerprint density at radius 1 is 0.839 bits per heavy atom. The van der Waals surface area contributed by atoms with Crippen molar-refractivity contribution in [3.63, 3.8) is 0 Å². The van der Waals surface area contributed by atoms with Crippen LogP contribution in [-0.4, -0.2) is 79.2 Å². The summed E-state index contributed by atoms with van der Waals surface area (Å²) in [6, 6.07) is -1.97. The molecule has 2 aromatic heterocycles. The fourth-order valence-corrected chi connectivity index (χ4v) is 4.42. The van der Waals surface area contributed by atoms with Crippen molar-refractivity contribution in [3.8, 4) is 0 Å². The molecule has 2 amide bonds. The fraction of sp³-hybridized carbons (Fsp3) is 0.571. The van der Waals surface area contributed by atoms with Crippen LogP contribution >= 0.6 is 61.4 Å². The molecule has 12 nitrogen and oxygen atoms in total. The highest BCUT2D eigenvalue weighted by Gasteiger charge is 2.15. The van der Waals surface area contributed by atoms with Gasteiger partial charge < -0.3 is 21.7 Å². The first-order valence-electron chi connectivity index (χ1n) is 8.50. The lowest BCUT2D eigenvalue weighted by Gasteiger charge is -2.05. The molecular weight excluding hydrogens is 505 g/mol. The Balaban J connectivity index is 0.00000450. The molecule has 0 unspecified atom stereocenters. The van der Waals surface area contributed by atoms with Crippen LogP contribution in [0, 0.1) is 0 Å². The van der Waals surface area contributed by atoms with E-state index in [-0.39, 0.29) is 27.0 Å². The minimum absolute atomic E-state index is 0. The largest absolute Gasteiger partial charge is 0.394 e. The van der Waals surface area contributed by atoms with E-state index in [0.717, 1.165) is 21.5 Å². The number of nitrogens with zero attached hydrogens (tertiary/aromatic N) is 4. The molecule has 176 valence electrons. The number of aromatic nitrogens is 4. The predicted octanol–water partition coefficient (Wildman–Crippen LogP) is -1.35. The van der Waals surface area contributed by atoms with Crippen molar-refractivity contribution in [2.24, 2.45) is 11.5 Å². The van der Waals surface area contributed by atoms with Gasteiger partial charge in [0.1, 0.15) is 22.1 Å². The van der Waals surface area contributed by atoms with Crippen LogP contribution in [-0.2, 0) is 22.4 Å². The number of nitrogens with two attached hydrogens (primary N) is 2. The average molecular weight is 531 g/mol. The smallest absolute Gasteiger partial charge is 0.245 e. The summed E-state index contributed by atoms with van der Waals surface area (Å²) >= 11 is 4.23. The molecule has 0 aliphatic rings. The Hall–Kier alpha value is -1.05. The van der Waals surface area contributed by atoms with Crippen molar-refractivity contribution in [1.29, 1.82) is 0 Å². The van der Waals surface area contributed by atoms with Crippen LogP contribution < -0.4 is 22.1 Å². The molecular formula is C14H26N8O4S5. The maximum absolute atomic E-state index is 11.6. The van der Waals surface area contributed by atoms with E-state index in [2.05, 4.69) is 31.0 Å². The highest BCUT2D eigenvalue weighted by Crippen LogP contribution is 2.19. The maximum Gasteiger partial charge on any atom is 0.245 e. The summed E-state index contributed by atoms with van der Waals surface area (Å²) in [4.78, 5) is 23.2. The molecule has 8 N–H and O–H groups in total. The summed E-state index contributed by atoms with van der Waals surface area (Å²) in [6.07, 6.45) is 1.39. The molecule has 2 heterocycles. The zero-order valence-electron chi connectivity index (χ0n) is 16.3. The van der Waals surface area contributed by atoms with Crippen molar-refractivity contribution < 1.29 is 19.8 Å². The number of hydrogen-bond acceptors (Lipinski definition) is 13. The average Bonchev–Trinajstić information content (AvgIpc) is 3.35. The molecule has 0 spiro atoms. The Labute approximate surface area is 204 Å². The lowest BCUT2D eigenvalue weighted by molar-refractivity contribution is -0.119. The van der Waals surface area contributed by atoms with Crippen LogP contribution in [0.25, 0.3) is 0 Å². The van der Waals surface area contributed by atoms with E-state index in [9.17, 15) is 9.59 Å². The molecule has 0 aromatic carbocycles. The first kappa shape index (κ1) is 29.9. The summed E-state index contributed by atoms with van der Waals surface area (Å²) in [5.74, 6) is 0.616. The summed E-state index contributed by atoms with van der Waals surface area (Å²) in [5, 5.41) is 40.8. The number of amides is 2. The molecule has 2 atom stereocenters. The predicted molar refractivity (Wildman–Crippen MR) is 133 cm³/mol. The summed E-state index contributed by atoms with van der Waals surface area (Å²) < 4.78 is 0.